The number of benzene rings is 3. The molecule has 5 nitrogen and oxygen atoms in total. The summed E-state index contributed by atoms with van der Waals surface area (Å²) in [6.07, 6.45) is 1.15. The van der Waals surface area contributed by atoms with Crippen molar-refractivity contribution in [2.24, 2.45) is 0 Å². The number of methoxy groups -OCH3 is 1. The number of hydrogen-bond acceptors (Lipinski definition) is 4. The molecule has 0 N–H and O–H groups in total. The highest BCUT2D eigenvalue weighted by atomic mass is 32.2. The second kappa shape index (κ2) is 10.0. The van der Waals surface area contributed by atoms with Crippen molar-refractivity contribution in [3.63, 3.8) is 0 Å². The molecule has 0 saturated heterocycles. The first-order valence-electron chi connectivity index (χ1n) is 10.5. The van der Waals surface area contributed by atoms with E-state index in [-0.39, 0.29) is 23.2 Å². The third kappa shape index (κ3) is 5.14. The second-order valence-electron chi connectivity index (χ2n) is 7.25. The van der Waals surface area contributed by atoms with E-state index in [2.05, 4.69) is 0 Å². The molecule has 1 heterocycles. The largest absolute Gasteiger partial charge is 0.497 e. The zero-order valence-electron chi connectivity index (χ0n) is 19.0. The van der Waals surface area contributed by atoms with Gasteiger partial charge >= 0.3 is 0 Å². The number of carbonyl (C=O) groups excluding carboxylic acids is 1. The molecular weight excluding hydrogens is 441 g/mol. The van der Waals surface area contributed by atoms with Crippen LogP contribution in [0.5, 0.6) is 5.75 Å². The lowest BCUT2D eigenvalue weighted by Crippen LogP contribution is -2.26. The normalized spacial score (nSPS) is 13.6. The Kier molecular flexibility index (Phi) is 7.33. The molecule has 0 fully saturated rings. The monoisotopic (exact) mass is 467 g/mol. The number of sulfone groups is 1. The Bertz CT molecular complexity index is 1260. The Morgan fingerprint density at radius 1 is 0.848 bits per heavy atom. The van der Waals surface area contributed by atoms with Crippen LogP contribution in [0, 0.1) is 5.82 Å². The Morgan fingerprint density at radius 2 is 1.39 bits per heavy atom. The molecular formula is C26H26FNO4S. The summed E-state index contributed by atoms with van der Waals surface area (Å²) in [7, 11) is -1.76. The third-order valence-electron chi connectivity index (χ3n) is 5.22. The van der Waals surface area contributed by atoms with Crippen molar-refractivity contribution in [2.75, 3.05) is 24.8 Å². The highest BCUT2D eigenvalue weighted by molar-refractivity contribution is 7.90. The van der Waals surface area contributed by atoms with Crippen molar-refractivity contribution in [3.05, 3.63) is 89.7 Å². The molecule has 4 rings (SSSR count). The topological polar surface area (TPSA) is 63.7 Å². The summed E-state index contributed by atoms with van der Waals surface area (Å²) in [5.41, 5.74) is 3.33. The molecule has 1 aliphatic rings. The number of halogens is 1. The number of anilines is 1. The van der Waals surface area contributed by atoms with Crippen LogP contribution < -0.4 is 9.64 Å². The first-order chi connectivity index (χ1) is 15.8. The van der Waals surface area contributed by atoms with E-state index in [9.17, 15) is 17.6 Å². The van der Waals surface area contributed by atoms with Crippen molar-refractivity contribution in [3.8, 4) is 5.75 Å². The van der Waals surface area contributed by atoms with Crippen molar-refractivity contribution >= 4 is 32.6 Å². The quantitative estimate of drug-likeness (QED) is 0.516. The van der Waals surface area contributed by atoms with Gasteiger partial charge in [0.25, 0.3) is 5.91 Å². The van der Waals surface area contributed by atoms with Gasteiger partial charge in [-0.1, -0.05) is 38.1 Å². The van der Waals surface area contributed by atoms with Crippen LogP contribution in [-0.2, 0) is 14.6 Å². The maximum atomic E-state index is 13.4. The van der Waals surface area contributed by atoms with Crippen LogP contribution in [0.3, 0.4) is 0 Å². The molecule has 3 aromatic carbocycles. The molecule has 0 spiro atoms. The van der Waals surface area contributed by atoms with Crippen LogP contribution in [0.25, 0.3) is 11.1 Å². The molecule has 0 aliphatic carbocycles. The lowest BCUT2D eigenvalue weighted by molar-refractivity contribution is -0.112. The molecule has 0 unspecified atom stereocenters. The van der Waals surface area contributed by atoms with Gasteiger partial charge in [-0.05, 0) is 65.2 Å². The van der Waals surface area contributed by atoms with Gasteiger partial charge in [0.05, 0.1) is 24.1 Å². The number of rotatable bonds is 5. The van der Waals surface area contributed by atoms with Gasteiger partial charge in [0.15, 0.2) is 9.84 Å². The first kappa shape index (κ1) is 24.2. The molecule has 0 bridgehead atoms. The van der Waals surface area contributed by atoms with Gasteiger partial charge in [0, 0.05) is 11.9 Å². The number of ether oxygens (including phenoxy) is 1. The lowest BCUT2D eigenvalue weighted by Gasteiger charge is -2.17. The van der Waals surface area contributed by atoms with Gasteiger partial charge in [0.1, 0.15) is 11.6 Å². The van der Waals surface area contributed by atoms with E-state index < -0.39 is 9.84 Å². The molecule has 1 aliphatic heterocycles. The van der Waals surface area contributed by atoms with Crippen molar-refractivity contribution < 1.29 is 22.3 Å². The summed E-state index contributed by atoms with van der Waals surface area (Å²) in [4.78, 5) is 15.2. The fourth-order valence-electron chi connectivity index (χ4n) is 3.60. The molecule has 1 amide bonds. The summed E-state index contributed by atoms with van der Waals surface area (Å²) < 4.78 is 42.2. The molecule has 33 heavy (non-hydrogen) atoms. The fourth-order valence-corrected chi connectivity index (χ4v) is 4.23. The minimum Gasteiger partial charge on any atom is -0.497 e. The van der Waals surface area contributed by atoms with Crippen molar-refractivity contribution in [1.82, 2.24) is 0 Å². The molecule has 0 aromatic heterocycles. The predicted molar refractivity (Wildman–Crippen MR) is 129 cm³/mol. The fraction of sp³-hybridized carbons (Fsp3) is 0.192. The van der Waals surface area contributed by atoms with Crippen molar-refractivity contribution in [1.29, 1.82) is 0 Å². The van der Waals surface area contributed by atoms with Crippen LogP contribution in [0.2, 0.25) is 0 Å². The zero-order chi connectivity index (χ0) is 24.2. The maximum absolute atomic E-state index is 13.4. The van der Waals surface area contributed by atoms with Gasteiger partial charge in [0.2, 0.25) is 0 Å². The number of amides is 1. The molecule has 0 saturated carbocycles. The van der Waals surface area contributed by atoms with E-state index in [1.54, 1.807) is 48.4 Å². The highest BCUT2D eigenvalue weighted by Gasteiger charge is 2.33. The number of hydrogen-bond donors (Lipinski definition) is 0. The Hall–Kier alpha value is -3.45. The Balaban J connectivity index is 0.00000149. The summed E-state index contributed by atoms with van der Waals surface area (Å²) in [6.45, 7) is 4.28. The number of nitrogens with zero attached hydrogens (tertiary/aromatic N) is 1. The van der Waals surface area contributed by atoms with Gasteiger partial charge in [-0.25, -0.2) is 12.8 Å². The average molecular weight is 468 g/mol. The molecule has 172 valence electrons. The van der Waals surface area contributed by atoms with E-state index >= 15 is 0 Å². The second-order valence-corrected chi connectivity index (χ2v) is 9.26. The Morgan fingerprint density at radius 3 is 1.91 bits per heavy atom. The van der Waals surface area contributed by atoms with Crippen LogP contribution in [0.1, 0.15) is 25.0 Å². The molecule has 7 heteroatoms. The van der Waals surface area contributed by atoms with Gasteiger partial charge < -0.3 is 9.64 Å². The summed E-state index contributed by atoms with van der Waals surface area (Å²) >= 11 is 0. The van der Waals surface area contributed by atoms with Gasteiger partial charge in [-0.3, -0.25) is 4.79 Å². The van der Waals surface area contributed by atoms with Crippen LogP contribution in [0.15, 0.2) is 77.7 Å². The lowest BCUT2D eigenvalue weighted by atomic mass is 9.97. The first-order valence-corrected chi connectivity index (χ1v) is 12.4. The van der Waals surface area contributed by atoms with Gasteiger partial charge in [-0.15, -0.1) is 0 Å². The standard InChI is InChI=1S/C24H20FNO4S.C2H6/c1-30-20-11-3-17(4-12-20)23-22(16-5-13-21(14-6-16)31(2,28)29)15-26(24(23)27)19-9-7-18(25)8-10-19;1-2/h3-14H,15H2,1-2H3;1-2H3. The molecule has 0 radical (unpaired) electrons. The van der Waals surface area contributed by atoms with Crippen LogP contribution >= 0.6 is 0 Å². The van der Waals surface area contributed by atoms with Crippen LogP contribution in [-0.4, -0.2) is 34.2 Å². The van der Waals surface area contributed by atoms with E-state index in [4.69, 9.17) is 4.74 Å². The predicted octanol–water partition coefficient (Wildman–Crippen LogP) is 5.22. The van der Waals surface area contributed by atoms with E-state index in [1.165, 1.54) is 24.3 Å². The molecule has 3 aromatic rings. The maximum Gasteiger partial charge on any atom is 0.259 e. The SMILES string of the molecule is CC.COc1ccc(C2=C(c3ccc(S(C)(=O)=O)cc3)CN(c3ccc(F)cc3)C2=O)cc1. The van der Waals surface area contributed by atoms with Gasteiger partial charge in [-0.2, -0.15) is 0 Å². The summed E-state index contributed by atoms with van der Waals surface area (Å²) in [6, 6.07) is 19.4. The van der Waals surface area contributed by atoms with Crippen LogP contribution in [0.4, 0.5) is 10.1 Å². The zero-order valence-corrected chi connectivity index (χ0v) is 19.8. The van der Waals surface area contributed by atoms with E-state index in [0.29, 0.717) is 17.0 Å². The highest BCUT2D eigenvalue weighted by Crippen LogP contribution is 2.37. The average Bonchev–Trinajstić information content (AvgIpc) is 3.17. The summed E-state index contributed by atoms with van der Waals surface area (Å²) in [5.74, 6) is 0.0820. The van der Waals surface area contributed by atoms with Crippen molar-refractivity contribution in [2.45, 2.75) is 18.7 Å². The minimum atomic E-state index is -3.33. The smallest absolute Gasteiger partial charge is 0.259 e. The number of carbonyl (C=O) groups is 1. The minimum absolute atomic E-state index is 0.209. The Labute approximate surface area is 194 Å². The van der Waals surface area contributed by atoms with E-state index in [1.807, 2.05) is 26.0 Å². The summed E-state index contributed by atoms with van der Waals surface area (Å²) in [5, 5.41) is 0. The molecule has 0 atom stereocenters. The van der Waals surface area contributed by atoms with E-state index in [0.717, 1.165) is 23.0 Å². The third-order valence-corrected chi connectivity index (χ3v) is 6.35.